The van der Waals surface area contributed by atoms with E-state index in [1.807, 2.05) is 76.2 Å². The Morgan fingerprint density at radius 2 is 1.55 bits per heavy atom. The highest BCUT2D eigenvalue weighted by Crippen LogP contribution is 2.37. The fourth-order valence-electron chi connectivity index (χ4n) is 3.95. The zero-order valence-corrected chi connectivity index (χ0v) is 18.9. The Kier molecular flexibility index (Phi) is 5.50. The molecule has 4 rings (SSSR count). The van der Waals surface area contributed by atoms with Crippen molar-refractivity contribution in [1.82, 2.24) is 9.55 Å². The predicted molar refractivity (Wildman–Crippen MR) is 127 cm³/mol. The van der Waals surface area contributed by atoms with Crippen molar-refractivity contribution in [3.05, 3.63) is 74.9 Å². The summed E-state index contributed by atoms with van der Waals surface area (Å²) in [6.07, 6.45) is 0.407. The normalized spacial score (nSPS) is 12.3. The van der Waals surface area contributed by atoms with Crippen LogP contribution in [0.15, 0.2) is 53.3 Å². The summed E-state index contributed by atoms with van der Waals surface area (Å²) in [5.41, 5.74) is 10.4. The van der Waals surface area contributed by atoms with Crippen LogP contribution < -0.4 is 11.3 Å². The van der Waals surface area contributed by atoms with Crippen molar-refractivity contribution < 1.29 is 4.79 Å². The Labute approximate surface area is 185 Å². The Hall–Kier alpha value is -3.25. The maximum Gasteiger partial charge on any atom is 0.263 e. The largest absolute Gasteiger partial charge is 0.368 e. The van der Waals surface area contributed by atoms with Crippen molar-refractivity contribution >= 4 is 27.5 Å². The molecule has 0 spiro atoms. The lowest BCUT2D eigenvalue weighted by atomic mass is 10.0. The second-order valence-corrected chi connectivity index (χ2v) is 9.09. The van der Waals surface area contributed by atoms with E-state index in [-0.39, 0.29) is 5.56 Å². The monoisotopic (exact) mass is 431 g/mol. The van der Waals surface area contributed by atoms with Gasteiger partial charge in [0.2, 0.25) is 5.91 Å². The average molecular weight is 432 g/mol. The van der Waals surface area contributed by atoms with E-state index >= 15 is 0 Å². The van der Waals surface area contributed by atoms with Crippen molar-refractivity contribution in [1.29, 1.82) is 0 Å². The van der Waals surface area contributed by atoms with E-state index in [2.05, 4.69) is 0 Å². The van der Waals surface area contributed by atoms with Gasteiger partial charge in [0, 0.05) is 16.0 Å². The van der Waals surface area contributed by atoms with Gasteiger partial charge in [-0.25, -0.2) is 4.98 Å². The number of aryl methyl sites for hydroxylation is 3. The number of primary amides is 1. The number of hydrogen-bond acceptors (Lipinski definition) is 4. The Morgan fingerprint density at radius 1 is 1.00 bits per heavy atom. The SMILES string of the molecule is CCC(C(N)=O)n1c(-c2ccc(C)cc2)nc2sc(C)c(-c3ccc(C)cc3)c2c1=O. The average Bonchev–Trinajstić information content (AvgIpc) is 3.07. The smallest absolute Gasteiger partial charge is 0.263 e. The van der Waals surface area contributed by atoms with Gasteiger partial charge in [0.15, 0.2) is 0 Å². The number of nitrogens with two attached hydrogens (primary N) is 1. The maximum absolute atomic E-state index is 13.9. The number of nitrogens with zero attached hydrogens (tertiary/aromatic N) is 2. The van der Waals surface area contributed by atoms with Gasteiger partial charge in [0.1, 0.15) is 16.7 Å². The topological polar surface area (TPSA) is 78.0 Å². The molecule has 1 amide bonds. The quantitative estimate of drug-likeness (QED) is 0.474. The lowest BCUT2D eigenvalue weighted by Crippen LogP contribution is -2.35. The minimum absolute atomic E-state index is 0.230. The number of benzene rings is 2. The molecule has 158 valence electrons. The van der Waals surface area contributed by atoms with Crippen molar-refractivity contribution in [3.8, 4) is 22.5 Å². The van der Waals surface area contributed by atoms with E-state index in [4.69, 9.17) is 10.7 Å². The first-order chi connectivity index (χ1) is 14.8. The maximum atomic E-state index is 13.9. The highest BCUT2D eigenvalue weighted by molar-refractivity contribution is 7.19. The minimum Gasteiger partial charge on any atom is -0.368 e. The molecule has 0 radical (unpaired) electrons. The van der Waals surface area contributed by atoms with E-state index in [9.17, 15) is 9.59 Å². The van der Waals surface area contributed by atoms with Crippen LogP contribution in [-0.2, 0) is 4.79 Å². The van der Waals surface area contributed by atoms with Crippen LogP contribution in [0.3, 0.4) is 0 Å². The van der Waals surface area contributed by atoms with Crippen molar-refractivity contribution in [2.45, 2.75) is 40.2 Å². The number of rotatable bonds is 5. The van der Waals surface area contributed by atoms with Gasteiger partial charge >= 0.3 is 0 Å². The zero-order valence-electron chi connectivity index (χ0n) is 18.1. The van der Waals surface area contributed by atoms with Gasteiger partial charge in [-0.1, -0.05) is 66.6 Å². The van der Waals surface area contributed by atoms with Crippen LogP contribution in [0, 0.1) is 20.8 Å². The molecule has 0 fully saturated rings. The van der Waals surface area contributed by atoms with Crippen molar-refractivity contribution in [3.63, 3.8) is 0 Å². The van der Waals surface area contributed by atoms with E-state index < -0.39 is 11.9 Å². The van der Waals surface area contributed by atoms with Gasteiger partial charge < -0.3 is 5.73 Å². The second-order valence-electron chi connectivity index (χ2n) is 7.88. The molecule has 0 aliphatic rings. The van der Waals surface area contributed by atoms with E-state index in [1.54, 1.807) is 0 Å². The number of amides is 1. The van der Waals surface area contributed by atoms with Crippen LogP contribution in [-0.4, -0.2) is 15.5 Å². The Bertz CT molecular complexity index is 1330. The van der Waals surface area contributed by atoms with E-state index in [0.717, 1.165) is 32.7 Å². The van der Waals surface area contributed by atoms with Gasteiger partial charge in [0.05, 0.1) is 5.39 Å². The molecule has 2 aromatic heterocycles. The summed E-state index contributed by atoms with van der Waals surface area (Å²) in [4.78, 5) is 32.8. The molecule has 2 aromatic carbocycles. The summed E-state index contributed by atoms with van der Waals surface area (Å²) in [6, 6.07) is 15.1. The van der Waals surface area contributed by atoms with Gasteiger partial charge in [-0.05, 0) is 32.8 Å². The highest BCUT2D eigenvalue weighted by Gasteiger charge is 2.26. The highest BCUT2D eigenvalue weighted by atomic mass is 32.1. The molecular weight excluding hydrogens is 406 g/mol. The molecular formula is C25H25N3O2S. The van der Waals surface area contributed by atoms with Crippen LogP contribution >= 0.6 is 11.3 Å². The Morgan fingerprint density at radius 3 is 2.06 bits per heavy atom. The third-order valence-electron chi connectivity index (χ3n) is 5.61. The molecule has 1 atom stereocenters. The number of hydrogen-bond donors (Lipinski definition) is 1. The zero-order chi connectivity index (χ0) is 22.3. The lowest BCUT2D eigenvalue weighted by Gasteiger charge is -2.19. The molecule has 0 aliphatic carbocycles. The molecule has 1 unspecified atom stereocenters. The number of aromatic nitrogens is 2. The minimum atomic E-state index is -0.772. The third-order valence-corrected chi connectivity index (χ3v) is 6.61. The first-order valence-electron chi connectivity index (χ1n) is 10.3. The van der Waals surface area contributed by atoms with Gasteiger partial charge in [-0.2, -0.15) is 0 Å². The van der Waals surface area contributed by atoms with E-state index in [1.165, 1.54) is 15.9 Å². The van der Waals surface area contributed by atoms with Gasteiger partial charge in [-0.3, -0.25) is 14.2 Å². The van der Waals surface area contributed by atoms with Gasteiger partial charge in [-0.15, -0.1) is 11.3 Å². The molecule has 31 heavy (non-hydrogen) atoms. The molecule has 4 aromatic rings. The molecule has 0 saturated heterocycles. The number of thiophene rings is 1. The summed E-state index contributed by atoms with van der Waals surface area (Å²) in [6.45, 7) is 7.89. The first-order valence-corrected chi connectivity index (χ1v) is 11.1. The Balaban J connectivity index is 2.10. The molecule has 0 aliphatic heterocycles. The van der Waals surface area contributed by atoms with Crippen molar-refractivity contribution in [2.24, 2.45) is 5.73 Å². The summed E-state index contributed by atoms with van der Waals surface area (Å²) < 4.78 is 1.49. The lowest BCUT2D eigenvalue weighted by molar-refractivity contribution is -0.121. The summed E-state index contributed by atoms with van der Waals surface area (Å²) in [7, 11) is 0. The van der Waals surface area contributed by atoms with Gasteiger partial charge in [0.25, 0.3) is 5.56 Å². The first kappa shape index (κ1) is 21.0. The van der Waals surface area contributed by atoms with Crippen LogP contribution in [0.2, 0.25) is 0 Å². The predicted octanol–water partition coefficient (Wildman–Crippen LogP) is 5.15. The van der Waals surface area contributed by atoms with Crippen LogP contribution in [0.5, 0.6) is 0 Å². The standard InChI is InChI=1S/C25H25N3O2S/c1-5-19(22(26)29)28-23(18-12-8-15(3)9-13-18)27-24-21(25(28)30)20(16(4)31-24)17-10-6-14(2)7-11-17/h6-13,19H,5H2,1-4H3,(H2,26,29). The molecule has 2 heterocycles. The molecule has 5 nitrogen and oxygen atoms in total. The molecule has 6 heteroatoms. The summed E-state index contributed by atoms with van der Waals surface area (Å²) >= 11 is 1.50. The fraction of sp³-hybridized carbons (Fsp3) is 0.240. The summed E-state index contributed by atoms with van der Waals surface area (Å²) in [5.74, 6) is -0.0668. The molecule has 0 bridgehead atoms. The third kappa shape index (κ3) is 3.68. The molecule has 0 saturated carbocycles. The van der Waals surface area contributed by atoms with E-state index in [0.29, 0.717) is 22.5 Å². The second kappa shape index (κ2) is 8.12. The van der Waals surface area contributed by atoms with Crippen LogP contribution in [0.4, 0.5) is 0 Å². The number of carbonyl (C=O) groups excluding carboxylic acids is 1. The fourth-order valence-corrected chi connectivity index (χ4v) is 4.98. The van der Waals surface area contributed by atoms with Crippen LogP contribution in [0.1, 0.15) is 35.4 Å². The summed E-state index contributed by atoms with van der Waals surface area (Å²) in [5, 5.41) is 0.543. The van der Waals surface area contributed by atoms with Crippen LogP contribution in [0.25, 0.3) is 32.7 Å². The number of fused-ring (bicyclic) bond motifs is 1. The molecule has 2 N–H and O–H groups in total. The number of carbonyl (C=O) groups is 1. The van der Waals surface area contributed by atoms with Crippen molar-refractivity contribution in [2.75, 3.05) is 0 Å².